The van der Waals surface area contributed by atoms with Crippen molar-refractivity contribution in [2.45, 2.75) is 6.54 Å². The molecular weight excluding hydrogens is 303 g/mol. The number of carbonyl (C=O) groups excluding carboxylic acids is 1. The van der Waals surface area contributed by atoms with Gasteiger partial charge in [-0.1, -0.05) is 18.2 Å². The summed E-state index contributed by atoms with van der Waals surface area (Å²) in [6.45, 7) is 0.115. The van der Waals surface area contributed by atoms with Crippen molar-refractivity contribution in [1.82, 2.24) is 20.3 Å². The molecule has 0 spiro atoms. The van der Waals surface area contributed by atoms with E-state index in [1.54, 1.807) is 42.2 Å². The first-order chi connectivity index (χ1) is 10.7. The number of benzene rings is 1. The molecule has 0 aliphatic rings. The van der Waals surface area contributed by atoms with E-state index in [1.165, 1.54) is 17.4 Å². The number of halogens is 1. The highest BCUT2D eigenvalue weighted by Crippen LogP contribution is 2.20. The van der Waals surface area contributed by atoms with E-state index >= 15 is 0 Å². The van der Waals surface area contributed by atoms with Gasteiger partial charge in [-0.15, -0.1) is 11.3 Å². The number of nitrogens with zero attached hydrogens (tertiary/aromatic N) is 3. The summed E-state index contributed by atoms with van der Waals surface area (Å²) in [4.78, 5) is 24.4. The third-order valence-corrected chi connectivity index (χ3v) is 3.78. The van der Waals surface area contributed by atoms with Crippen LogP contribution in [0, 0.1) is 5.82 Å². The van der Waals surface area contributed by atoms with E-state index in [9.17, 15) is 9.18 Å². The van der Waals surface area contributed by atoms with Crippen LogP contribution in [0.5, 0.6) is 0 Å². The summed E-state index contributed by atoms with van der Waals surface area (Å²) in [5.74, 6) is -0.698. The molecule has 0 saturated carbocycles. The Morgan fingerprint density at radius 2 is 2.14 bits per heavy atom. The molecule has 0 bridgehead atoms. The molecule has 0 atom stereocenters. The average Bonchev–Trinajstić information content (AvgIpc) is 3.05. The zero-order chi connectivity index (χ0) is 15.4. The van der Waals surface area contributed by atoms with Gasteiger partial charge in [0, 0.05) is 29.9 Å². The van der Waals surface area contributed by atoms with Crippen LogP contribution in [-0.2, 0) is 6.54 Å². The number of hydrogen-bond donors (Lipinski definition) is 1. The number of rotatable bonds is 4. The number of hydrogen-bond acceptors (Lipinski definition) is 5. The molecule has 2 heterocycles. The second kappa shape index (κ2) is 6.40. The van der Waals surface area contributed by atoms with E-state index in [4.69, 9.17) is 0 Å². The molecule has 0 radical (unpaired) electrons. The first-order valence-corrected chi connectivity index (χ1v) is 7.35. The first kappa shape index (κ1) is 14.3. The summed E-state index contributed by atoms with van der Waals surface area (Å²) >= 11 is 1.31. The van der Waals surface area contributed by atoms with Crippen LogP contribution >= 0.6 is 11.3 Å². The maximum absolute atomic E-state index is 13.5. The normalized spacial score (nSPS) is 10.4. The second-order valence-electron chi connectivity index (χ2n) is 4.40. The molecule has 1 amide bonds. The lowest BCUT2D eigenvalue weighted by Crippen LogP contribution is -2.23. The van der Waals surface area contributed by atoms with E-state index in [1.807, 2.05) is 0 Å². The minimum Gasteiger partial charge on any atom is -0.346 e. The Morgan fingerprint density at radius 1 is 1.27 bits per heavy atom. The van der Waals surface area contributed by atoms with Crippen molar-refractivity contribution in [3.8, 4) is 10.7 Å². The van der Waals surface area contributed by atoms with Crippen LogP contribution in [0.1, 0.15) is 16.1 Å². The third-order valence-electron chi connectivity index (χ3n) is 2.92. The van der Waals surface area contributed by atoms with E-state index in [2.05, 4.69) is 20.3 Å². The summed E-state index contributed by atoms with van der Waals surface area (Å²) in [6.07, 6.45) is 4.72. The van der Waals surface area contributed by atoms with Crippen molar-refractivity contribution in [2.24, 2.45) is 0 Å². The second-order valence-corrected chi connectivity index (χ2v) is 5.26. The highest BCUT2D eigenvalue weighted by atomic mass is 32.1. The Morgan fingerprint density at radius 3 is 2.91 bits per heavy atom. The number of thiazole rings is 1. The zero-order valence-electron chi connectivity index (χ0n) is 11.4. The lowest BCUT2D eigenvalue weighted by Gasteiger charge is -2.04. The molecule has 110 valence electrons. The summed E-state index contributed by atoms with van der Waals surface area (Å²) in [6, 6.07) is 6.31. The van der Waals surface area contributed by atoms with Gasteiger partial charge in [0.15, 0.2) is 0 Å². The lowest BCUT2D eigenvalue weighted by atomic mass is 10.2. The Balaban J connectivity index is 1.69. The van der Waals surface area contributed by atoms with E-state index in [-0.39, 0.29) is 24.0 Å². The van der Waals surface area contributed by atoms with Crippen molar-refractivity contribution in [3.05, 3.63) is 65.3 Å². The maximum atomic E-state index is 13.5. The van der Waals surface area contributed by atoms with Gasteiger partial charge < -0.3 is 5.32 Å². The molecule has 0 fully saturated rings. The van der Waals surface area contributed by atoms with Gasteiger partial charge in [-0.25, -0.2) is 9.37 Å². The molecule has 22 heavy (non-hydrogen) atoms. The summed E-state index contributed by atoms with van der Waals surface area (Å²) in [5, 5.41) is 4.90. The van der Waals surface area contributed by atoms with Crippen LogP contribution in [0.3, 0.4) is 0 Å². The SMILES string of the molecule is O=C(NCc1ccccc1F)c1csc(-c2cnccn2)n1. The van der Waals surface area contributed by atoms with Gasteiger partial charge in [-0.2, -0.15) is 0 Å². The largest absolute Gasteiger partial charge is 0.346 e. The summed E-state index contributed by atoms with van der Waals surface area (Å²) < 4.78 is 13.5. The highest BCUT2D eigenvalue weighted by Gasteiger charge is 2.13. The Kier molecular flexibility index (Phi) is 4.15. The van der Waals surface area contributed by atoms with Crippen molar-refractivity contribution in [1.29, 1.82) is 0 Å². The molecule has 1 N–H and O–H groups in total. The quantitative estimate of drug-likeness (QED) is 0.804. The van der Waals surface area contributed by atoms with Crippen molar-refractivity contribution < 1.29 is 9.18 Å². The van der Waals surface area contributed by atoms with E-state index in [0.717, 1.165) is 0 Å². The number of aromatic nitrogens is 3. The van der Waals surface area contributed by atoms with Crippen LogP contribution in [-0.4, -0.2) is 20.9 Å². The van der Waals surface area contributed by atoms with Gasteiger partial charge in [0.1, 0.15) is 22.2 Å². The molecule has 5 nitrogen and oxygen atoms in total. The van der Waals surface area contributed by atoms with Crippen LogP contribution in [0.25, 0.3) is 10.7 Å². The predicted octanol–water partition coefficient (Wildman–Crippen LogP) is 2.67. The topological polar surface area (TPSA) is 67.8 Å². The molecule has 1 aromatic carbocycles. The fourth-order valence-electron chi connectivity index (χ4n) is 1.81. The Labute approximate surface area is 129 Å². The fraction of sp³-hybridized carbons (Fsp3) is 0.0667. The van der Waals surface area contributed by atoms with Crippen molar-refractivity contribution in [3.63, 3.8) is 0 Å². The lowest BCUT2D eigenvalue weighted by molar-refractivity contribution is 0.0946. The predicted molar refractivity (Wildman–Crippen MR) is 80.7 cm³/mol. The molecule has 3 rings (SSSR count). The molecule has 0 saturated heterocycles. The standard InChI is InChI=1S/C15H11FN4OS/c16-11-4-2-1-3-10(11)7-19-14(21)13-9-22-15(20-13)12-8-17-5-6-18-12/h1-6,8-9H,7H2,(H,19,21). The average molecular weight is 314 g/mol. The third kappa shape index (κ3) is 3.15. The number of amides is 1. The van der Waals surface area contributed by atoms with Crippen LogP contribution in [0.15, 0.2) is 48.2 Å². The minimum absolute atomic E-state index is 0.115. The molecule has 2 aromatic heterocycles. The van der Waals surface area contributed by atoms with Crippen molar-refractivity contribution >= 4 is 17.2 Å². The number of nitrogens with one attached hydrogen (secondary N) is 1. The van der Waals surface area contributed by atoms with Gasteiger partial charge in [0.25, 0.3) is 5.91 Å². The molecular formula is C15H11FN4OS. The van der Waals surface area contributed by atoms with Gasteiger partial charge in [-0.3, -0.25) is 14.8 Å². The maximum Gasteiger partial charge on any atom is 0.271 e. The Hall–Kier alpha value is -2.67. The van der Waals surface area contributed by atoms with E-state index < -0.39 is 0 Å². The molecule has 0 aliphatic carbocycles. The van der Waals surface area contributed by atoms with E-state index in [0.29, 0.717) is 16.3 Å². The monoisotopic (exact) mass is 314 g/mol. The van der Waals surface area contributed by atoms with Gasteiger partial charge in [0.2, 0.25) is 0 Å². The van der Waals surface area contributed by atoms with Crippen LogP contribution < -0.4 is 5.32 Å². The smallest absolute Gasteiger partial charge is 0.271 e. The van der Waals surface area contributed by atoms with Gasteiger partial charge in [-0.05, 0) is 6.07 Å². The molecule has 3 aromatic rings. The van der Waals surface area contributed by atoms with Crippen molar-refractivity contribution in [2.75, 3.05) is 0 Å². The summed E-state index contributed by atoms with van der Waals surface area (Å²) in [5.41, 5.74) is 1.32. The summed E-state index contributed by atoms with van der Waals surface area (Å²) in [7, 11) is 0. The van der Waals surface area contributed by atoms with Crippen LogP contribution in [0.2, 0.25) is 0 Å². The first-order valence-electron chi connectivity index (χ1n) is 6.47. The number of carbonyl (C=O) groups is 1. The van der Waals surface area contributed by atoms with Gasteiger partial charge in [0.05, 0.1) is 6.20 Å². The molecule has 0 aliphatic heterocycles. The Bertz CT molecular complexity index is 791. The van der Waals surface area contributed by atoms with Gasteiger partial charge >= 0.3 is 0 Å². The molecule has 7 heteroatoms. The van der Waals surface area contributed by atoms with Crippen LogP contribution in [0.4, 0.5) is 4.39 Å². The zero-order valence-corrected chi connectivity index (χ0v) is 12.2. The highest BCUT2D eigenvalue weighted by molar-refractivity contribution is 7.13. The fourth-order valence-corrected chi connectivity index (χ4v) is 2.57. The minimum atomic E-state index is -0.352. The molecule has 0 unspecified atom stereocenters.